The topological polar surface area (TPSA) is 35.6 Å². The largest absolute Gasteiger partial charge is 0.351 e. The Morgan fingerprint density at radius 2 is 1.82 bits per heavy atom. The molecule has 1 amide bonds. The number of benzene rings is 1. The van der Waals surface area contributed by atoms with E-state index in [4.69, 9.17) is 11.6 Å². The molecule has 1 saturated heterocycles. The van der Waals surface area contributed by atoms with Crippen molar-refractivity contribution in [3.05, 3.63) is 34.9 Å². The molecule has 1 fully saturated rings. The second-order valence-corrected chi connectivity index (χ2v) is 6.56. The molecule has 1 N–H and O–H groups in total. The van der Waals surface area contributed by atoms with E-state index in [0.717, 1.165) is 25.2 Å². The highest BCUT2D eigenvalue weighted by molar-refractivity contribution is 6.30. The van der Waals surface area contributed by atoms with E-state index in [1.165, 1.54) is 0 Å². The van der Waals surface area contributed by atoms with Crippen molar-refractivity contribution in [3.8, 4) is 0 Å². The summed E-state index contributed by atoms with van der Waals surface area (Å²) >= 11 is 5.86. The zero-order valence-electron chi connectivity index (χ0n) is 13.7. The van der Waals surface area contributed by atoms with E-state index < -0.39 is 0 Å². The highest BCUT2D eigenvalue weighted by Crippen LogP contribution is 2.15. The third kappa shape index (κ3) is 4.70. The summed E-state index contributed by atoms with van der Waals surface area (Å²) in [5, 5.41) is 3.71. The minimum Gasteiger partial charge on any atom is -0.351 e. The van der Waals surface area contributed by atoms with Crippen molar-refractivity contribution in [2.75, 3.05) is 26.2 Å². The predicted molar refractivity (Wildman–Crippen MR) is 91.0 cm³/mol. The monoisotopic (exact) mass is 323 g/mol. The molecule has 1 aliphatic rings. The Bertz CT molecular complexity index is 479. The lowest BCUT2D eigenvalue weighted by Gasteiger charge is -2.43. The summed E-state index contributed by atoms with van der Waals surface area (Å²) in [6.45, 7) is 10.7. The fourth-order valence-corrected chi connectivity index (χ4v) is 3.19. The molecule has 0 bridgehead atoms. The third-order valence-electron chi connectivity index (χ3n) is 4.35. The van der Waals surface area contributed by atoms with E-state index in [1.807, 2.05) is 24.3 Å². The molecule has 0 aliphatic carbocycles. The van der Waals surface area contributed by atoms with Crippen molar-refractivity contribution in [1.29, 1.82) is 0 Å². The molecule has 0 aromatic heterocycles. The SMILES string of the molecule is CCN1C[C@@H](C)N(CC(=O)NCc2ccc(Cl)cc2)[C@H](C)C1. The molecule has 5 heteroatoms. The Hall–Kier alpha value is -1.10. The van der Waals surface area contributed by atoms with E-state index in [0.29, 0.717) is 30.2 Å². The predicted octanol–water partition coefficient (Wildman–Crippen LogP) is 2.37. The van der Waals surface area contributed by atoms with E-state index in [9.17, 15) is 4.79 Å². The van der Waals surface area contributed by atoms with Gasteiger partial charge in [-0.3, -0.25) is 9.69 Å². The number of piperazine rings is 1. The highest BCUT2D eigenvalue weighted by atomic mass is 35.5. The van der Waals surface area contributed by atoms with Crippen LogP contribution in [0.3, 0.4) is 0 Å². The van der Waals surface area contributed by atoms with Crippen molar-refractivity contribution in [3.63, 3.8) is 0 Å². The summed E-state index contributed by atoms with van der Waals surface area (Å²) in [6.07, 6.45) is 0. The number of likely N-dealkylation sites (N-methyl/N-ethyl adjacent to an activating group) is 1. The Labute approximate surface area is 138 Å². The second-order valence-electron chi connectivity index (χ2n) is 6.13. The lowest BCUT2D eigenvalue weighted by molar-refractivity contribution is -0.124. The van der Waals surface area contributed by atoms with Crippen molar-refractivity contribution in [2.45, 2.75) is 39.4 Å². The number of carbonyl (C=O) groups is 1. The van der Waals surface area contributed by atoms with Crippen LogP contribution < -0.4 is 5.32 Å². The van der Waals surface area contributed by atoms with Crippen LogP contribution in [-0.2, 0) is 11.3 Å². The fraction of sp³-hybridized carbons (Fsp3) is 0.588. The van der Waals surface area contributed by atoms with Crippen molar-refractivity contribution in [1.82, 2.24) is 15.1 Å². The molecular formula is C17H26ClN3O. The summed E-state index contributed by atoms with van der Waals surface area (Å²) in [6, 6.07) is 8.38. The average Bonchev–Trinajstić information content (AvgIpc) is 2.50. The van der Waals surface area contributed by atoms with E-state index in [1.54, 1.807) is 0 Å². The summed E-state index contributed by atoms with van der Waals surface area (Å²) in [5.41, 5.74) is 1.06. The summed E-state index contributed by atoms with van der Waals surface area (Å²) in [7, 11) is 0. The quantitative estimate of drug-likeness (QED) is 0.903. The van der Waals surface area contributed by atoms with Crippen LogP contribution in [0.2, 0.25) is 5.02 Å². The van der Waals surface area contributed by atoms with Gasteiger partial charge in [-0.2, -0.15) is 0 Å². The van der Waals surface area contributed by atoms with Gasteiger partial charge in [0.05, 0.1) is 6.54 Å². The third-order valence-corrected chi connectivity index (χ3v) is 4.61. The van der Waals surface area contributed by atoms with Gasteiger partial charge >= 0.3 is 0 Å². The molecule has 122 valence electrons. The molecule has 2 atom stereocenters. The van der Waals surface area contributed by atoms with Crippen LogP contribution in [0.25, 0.3) is 0 Å². The van der Waals surface area contributed by atoms with Gasteiger partial charge in [0.1, 0.15) is 0 Å². The zero-order chi connectivity index (χ0) is 16.1. The molecule has 1 aliphatic heterocycles. The maximum atomic E-state index is 12.2. The van der Waals surface area contributed by atoms with Crippen LogP contribution in [0.1, 0.15) is 26.3 Å². The van der Waals surface area contributed by atoms with Gasteiger partial charge in [0, 0.05) is 36.7 Å². The van der Waals surface area contributed by atoms with Crippen LogP contribution >= 0.6 is 11.6 Å². The van der Waals surface area contributed by atoms with E-state index in [-0.39, 0.29) is 5.91 Å². The van der Waals surface area contributed by atoms with Gasteiger partial charge in [-0.05, 0) is 38.1 Å². The van der Waals surface area contributed by atoms with Crippen molar-refractivity contribution >= 4 is 17.5 Å². The van der Waals surface area contributed by atoms with Gasteiger partial charge in [0.25, 0.3) is 0 Å². The summed E-state index contributed by atoms with van der Waals surface area (Å²) in [5.74, 6) is 0.0820. The Morgan fingerprint density at radius 1 is 1.23 bits per heavy atom. The average molecular weight is 324 g/mol. The van der Waals surface area contributed by atoms with Crippen LogP contribution in [0.4, 0.5) is 0 Å². The molecule has 2 rings (SSSR count). The maximum absolute atomic E-state index is 12.2. The van der Waals surface area contributed by atoms with Crippen LogP contribution in [0, 0.1) is 0 Å². The second kappa shape index (κ2) is 7.95. The molecule has 1 aromatic carbocycles. The fourth-order valence-electron chi connectivity index (χ4n) is 3.06. The summed E-state index contributed by atoms with van der Waals surface area (Å²) < 4.78 is 0. The van der Waals surface area contributed by atoms with E-state index >= 15 is 0 Å². The van der Waals surface area contributed by atoms with Crippen molar-refractivity contribution < 1.29 is 4.79 Å². The lowest BCUT2D eigenvalue weighted by atomic mass is 10.1. The molecule has 0 unspecified atom stereocenters. The maximum Gasteiger partial charge on any atom is 0.234 e. The first-order chi connectivity index (χ1) is 10.5. The highest BCUT2D eigenvalue weighted by Gasteiger charge is 2.29. The minimum absolute atomic E-state index is 0.0820. The van der Waals surface area contributed by atoms with E-state index in [2.05, 4.69) is 35.9 Å². The molecular weight excluding hydrogens is 298 g/mol. The number of rotatable bonds is 5. The normalized spacial score (nSPS) is 23.5. The summed E-state index contributed by atoms with van der Waals surface area (Å²) in [4.78, 5) is 16.9. The standard InChI is InChI=1S/C17H26ClN3O/c1-4-20-10-13(2)21(14(3)11-20)12-17(22)19-9-15-5-7-16(18)8-6-15/h5-8,13-14H,4,9-12H2,1-3H3,(H,19,22)/t13-,14-/m1/s1. The molecule has 0 radical (unpaired) electrons. The van der Waals surface area contributed by atoms with Crippen molar-refractivity contribution in [2.24, 2.45) is 0 Å². The molecule has 1 heterocycles. The molecule has 0 saturated carbocycles. The van der Waals surface area contributed by atoms with Gasteiger partial charge in [0.2, 0.25) is 5.91 Å². The Kier molecular flexibility index (Phi) is 6.24. The number of hydrogen-bond donors (Lipinski definition) is 1. The smallest absolute Gasteiger partial charge is 0.234 e. The molecule has 22 heavy (non-hydrogen) atoms. The first-order valence-electron chi connectivity index (χ1n) is 7.98. The number of carbonyl (C=O) groups excluding carboxylic acids is 1. The van der Waals surface area contributed by atoms with Gasteiger partial charge in [-0.15, -0.1) is 0 Å². The molecule has 4 nitrogen and oxygen atoms in total. The number of nitrogens with zero attached hydrogens (tertiary/aromatic N) is 2. The van der Waals surface area contributed by atoms with Gasteiger partial charge in [-0.25, -0.2) is 0 Å². The van der Waals surface area contributed by atoms with Crippen LogP contribution in [0.5, 0.6) is 0 Å². The lowest BCUT2D eigenvalue weighted by Crippen LogP contribution is -2.58. The van der Waals surface area contributed by atoms with Crippen LogP contribution in [0.15, 0.2) is 24.3 Å². The first-order valence-corrected chi connectivity index (χ1v) is 8.36. The number of hydrogen-bond acceptors (Lipinski definition) is 3. The zero-order valence-corrected chi connectivity index (χ0v) is 14.4. The minimum atomic E-state index is 0.0820. The van der Waals surface area contributed by atoms with Crippen LogP contribution in [-0.4, -0.2) is 54.0 Å². The van der Waals surface area contributed by atoms with Gasteiger partial charge in [-0.1, -0.05) is 30.7 Å². The first kappa shape index (κ1) is 17.3. The Morgan fingerprint density at radius 3 is 2.36 bits per heavy atom. The molecule has 0 spiro atoms. The van der Waals surface area contributed by atoms with Gasteiger partial charge < -0.3 is 10.2 Å². The number of amides is 1. The van der Waals surface area contributed by atoms with Gasteiger partial charge in [0.15, 0.2) is 0 Å². The molecule has 1 aromatic rings. The number of nitrogens with one attached hydrogen (secondary N) is 1. The number of halogens is 1. The Balaban J connectivity index is 1.82.